The Labute approximate surface area is 213 Å². The van der Waals surface area contributed by atoms with Gasteiger partial charge in [0.15, 0.2) is 0 Å². The van der Waals surface area contributed by atoms with Crippen LogP contribution in [0, 0.1) is 21.4 Å². The van der Waals surface area contributed by atoms with Gasteiger partial charge in [0.05, 0.1) is 27.1 Å². The molecule has 184 valence electrons. The molecule has 4 rings (SSSR count). The van der Waals surface area contributed by atoms with Crippen LogP contribution in [0.4, 0.5) is 5.69 Å². The van der Waals surface area contributed by atoms with Crippen molar-refractivity contribution in [1.82, 2.24) is 9.97 Å². The number of ether oxygens (including phenoxy) is 1. The van der Waals surface area contributed by atoms with Gasteiger partial charge in [0.2, 0.25) is 0 Å². The molecule has 0 aliphatic heterocycles. The minimum atomic E-state index is -1.10. The van der Waals surface area contributed by atoms with Crippen LogP contribution in [0.15, 0.2) is 63.8 Å². The van der Waals surface area contributed by atoms with Gasteiger partial charge in [0.25, 0.3) is 5.88 Å². The molecular formula is C25H15ClN4O7. The first-order valence-electron chi connectivity index (χ1n) is 10.5. The Morgan fingerprint density at radius 1 is 1.24 bits per heavy atom. The van der Waals surface area contributed by atoms with Gasteiger partial charge in [-0.05, 0) is 48.6 Å². The molecule has 0 radical (unpaired) electrons. The number of aromatic hydroxyl groups is 1. The lowest BCUT2D eigenvalue weighted by atomic mass is 10.1. The summed E-state index contributed by atoms with van der Waals surface area (Å²) in [5, 5.41) is 29.8. The van der Waals surface area contributed by atoms with Crippen molar-refractivity contribution in [2.75, 3.05) is 0 Å². The van der Waals surface area contributed by atoms with Crippen LogP contribution < -0.4 is 5.56 Å². The number of H-pyrrole nitrogens is 1. The van der Waals surface area contributed by atoms with E-state index in [-0.39, 0.29) is 23.0 Å². The molecule has 2 heterocycles. The molecule has 11 nitrogen and oxygen atoms in total. The number of nitriles is 1. The number of carbonyl (C=O) groups is 1. The van der Waals surface area contributed by atoms with Crippen LogP contribution in [0.5, 0.6) is 5.88 Å². The number of halogens is 1. The van der Waals surface area contributed by atoms with Crippen molar-refractivity contribution < 1.29 is 24.0 Å². The average Bonchev–Trinajstić information content (AvgIpc) is 3.35. The van der Waals surface area contributed by atoms with Gasteiger partial charge in [-0.3, -0.25) is 14.9 Å². The van der Waals surface area contributed by atoms with Gasteiger partial charge in [0.1, 0.15) is 24.0 Å². The molecule has 0 aliphatic carbocycles. The average molecular weight is 519 g/mol. The predicted octanol–water partition coefficient (Wildman–Crippen LogP) is 4.70. The van der Waals surface area contributed by atoms with Gasteiger partial charge in [0, 0.05) is 11.1 Å². The number of esters is 1. The Bertz CT molecular complexity index is 1650. The molecule has 4 aromatic rings. The summed E-state index contributed by atoms with van der Waals surface area (Å²) in [5.41, 5.74) is -0.573. The van der Waals surface area contributed by atoms with Gasteiger partial charge in [-0.15, -0.1) is 0 Å². The molecule has 0 amide bonds. The van der Waals surface area contributed by atoms with Crippen molar-refractivity contribution in [2.24, 2.45) is 0 Å². The summed E-state index contributed by atoms with van der Waals surface area (Å²) in [6, 6.07) is 16.7. The number of rotatable bonds is 7. The minimum absolute atomic E-state index is 0.102. The van der Waals surface area contributed by atoms with Crippen LogP contribution in [0.2, 0.25) is 5.02 Å². The molecule has 2 N–H and O–H groups in total. The van der Waals surface area contributed by atoms with E-state index in [0.717, 1.165) is 0 Å². The maximum Gasteiger partial charge on any atom is 0.395 e. The van der Waals surface area contributed by atoms with E-state index in [1.165, 1.54) is 24.3 Å². The number of nitro groups is 1. The summed E-state index contributed by atoms with van der Waals surface area (Å²) in [6.07, 6.45) is 2.71. The third kappa shape index (κ3) is 5.55. The number of benzene rings is 2. The molecule has 37 heavy (non-hydrogen) atoms. The second-order valence-electron chi connectivity index (χ2n) is 7.46. The second-order valence-corrected chi connectivity index (χ2v) is 7.86. The van der Waals surface area contributed by atoms with Crippen molar-refractivity contribution in [2.45, 2.75) is 6.61 Å². The molecule has 2 aromatic heterocycles. The summed E-state index contributed by atoms with van der Waals surface area (Å²) in [4.78, 5) is 39.9. The monoisotopic (exact) mass is 518 g/mol. The number of furan rings is 1. The van der Waals surface area contributed by atoms with Gasteiger partial charge < -0.3 is 19.2 Å². The molecule has 2 aromatic carbocycles. The van der Waals surface area contributed by atoms with Crippen LogP contribution in [0.3, 0.4) is 0 Å². The summed E-state index contributed by atoms with van der Waals surface area (Å²) in [7, 11) is 0. The van der Waals surface area contributed by atoms with Crippen LogP contribution in [0.1, 0.15) is 33.1 Å². The van der Waals surface area contributed by atoms with E-state index in [9.17, 15) is 30.1 Å². The van der Waals surface area contributed by atoms with E-state index in [4.69, 9.17) is 20.8 Å². The summed E-state index contributed by atoms with van der Waals surface area (Å²) in [6.45, 7) is -0.104. The molecule has 0 fully saturated rings. The lowest BCUT2D eigenvalue weighted by Crippen LogP contribution is -2.14. The quantitative estimate of drug-likeness (QED) is 0.200. The lowest BCUT2D eigenvalue weighted by Gasteiger charge is -2.08. The molecule has 12 heteroatoms. The number of nitrogens with one attached hydrogen (secondary N) is 1. The third-order valence-corrected chi connectivity index (χ3v) is 5.41. The molecule has 0 spiro atoms. The predicted molar refractivity (Wildman–Crippen MR) is 132 cm³/mol. The number of hydrogen-bond donors (Lipinski definition) is 2. The summed E-state index contributed by atoms with van der Waals surface area (Å²) in [5.74, 6) is -1.11. The van der Waals surface area contributed by atoms with Crippen molar-refractivity contribution in [1.29, 1.82) is 5.26 Å². The zero-order valence-electron chi connectivity index (χ0n) is 18.7. The number of aromatic nitrogens is 2. The standard InChI is InChI=1S/C25H15ClN4O7/c26-19-8-5-14(11-18(19)25(33)36-13-16-4-2-1-3-15(16)12-27)20-9-6-17(37-20)7-10-21-28-23(31)22(30(34)35)24(32)29-21/h1-11H,13H2,(H2,28,29,31,32). The summed E-state index contributed by atoms with van der Waals surface area (Å²) < 4.78 is 11.1. The Morgan fingerprint density at radius 2 is 2.03 bits per heavy atom. The number of hydrogen-bond acceptors (Lipinski definition) is 9. The fourth-order valence-electron chi connectivity index (χ4n) is 3.29. The molecule has 0 saturated heterocycles. The topological polar surface area (TPSA) is 172 Å². The molecule has 0 unspecified atom stereocenters. The van der Waals surface area contributed by atoms with E-state index in [2.05, 4.69) is 9.97 Å². The zero-order chi connectivity index (χ0) is 26.5. The van der Waals surface area contributed by atoms with Gasteiger partial charge >= 0.3 is 17.2 Å². The third-order valence-electron chi connectivity index (χ3n) is 5.08. The van der Waals surface area contributed by atoms with E-state index in [1.54, 1.807) is 42.5 Å². The van der Waals surface area contributed by atoms with Gasteiger partial charge in [-0.1, -0.05) is 29.8 Å². The van der Waals surface area contributed by atoms with Crippen LogP contribution in [-0.2, 0) is 11.3 Å². The first-order chi connectivity index (χ1) is 17.8. The van der Waals surface area contributed by atoms with Crippen molar-refractivity contribution in [3.63, 3.8) is 0 Å². The van der Waals surface area contributed by atoms with Crippen molar-refractivity contribution >= 4 is 35.4 Å². The van der Waals surface area contributed by atoms with E-state index in [0.29, 0.717) is 28.2 Å². The maximum atomic E-state index is 12.7. The number of aromatic amines is 1. The first-order valence-corrected chi connectivity index (χ1v) is 10.8. The highest BCUT2D eigenvalue weighted by Crippen LogP contribution is 2.28. The molecule has 0 saturated carbocycles. The van der Waals surface area contributed by atoms with Crippen molar-refractivity contribution in [3.8, 4) is 23.3 Å². The normalized spacial score (nSPS) is 10.8. The van der Waals surface area contributed by atoms with Gasteiger partial charge in [-0.25, -0.2) is 4.79 Å². The highest BCUT2D eigenvalue weighted by molar-refractivity contribution is 6.33. The maximum absolute atomic E-state index is 12.7. The highest BCUT2D eigenvalue weighted by Gasteiger charge is 2.21. The largest absolute Gasteiger partial charge is 0.488 e. The zero-order valence-corrected chi connectivity index (χ0v) is 19.4. The fraction of sp³-hybridized carbons (Fsp3) is 0.0400. The van der Waals surface area contributed by atoms with Gasteiger partial charge in [-0.2, -0.15) is 10.2 Å². The Kier molecular flexibility index (Phi) is 7.13. The van der Waals surface area contributed by atoms with Crippen molar-refractivity contribution in [3.05, 3.63) is 108 Å². The SMILES string of the molecule is N#Cc1ccccc1COC(=O)c1cc(-c2ccc(C=Cc3nc(O)c([N+](=O)[O-])c(=O)[nH]3)o2)ccc1Cl. The molecule has 0 aliphatic rings. The Morgan fingerprint density at radius 3 is 2.76 bits per heavy atom. The summed E-state index contributed by atoms with van der Waals surface area (Å²) >= 11 is 6.20. The molecule has 0 bridgehead atoms. The highest BCUT2D eigenvalue weighted by atomic mass is 35.5. The fourth-order valence-corrected chi connectivity index (χ4v) is 3.48. The molecule has 0 atom stereocenters. The Balaban J connectivity index is 1.51. The first kappa shape index (κ1) is 24.9. The van der Waals surface area contributed by atoms with E-state index >= 15 is 0 Å². The molecular weight excluding hydrogens is 504 g/mol. The van der Waals surface area contributed by atoms with Crippen LogP contribution >= 0.6 is 11.6 Å². The van der Waals surface area contributed by atoms with E-state index < -0.39 is 28.0 Å². The number of nitrogens with zero attached hydrogens (tertiary/aromatic N) is 3. The minimum Gasteiger partial charge on any atom is -0.488 e. The van der Waals surface area contributed by atoms with E-state index in [1.807, 2.05) is 6.07 Å². The number of carbonyl (C=O) groups excluding carboxylic acids is 1. The smallest absolute Gasteiger partial charge is 0.395 e. The van der Waals surface area contributed by atoms with Crippen LogP contribution in [0.25, 0.3) is 23.5 Å². The van der Waals surface area contributed by atoms with Crippen LogP contribution in [-0.4, -0.2) is 26.0 Å². The second kappa shape index (κ2) is 10.6. The Hall–Kier alpha value is -5.21. The lowest BCUT2D eigenvalue weighted by molar-refractivity contribution is -0.387.